The van der Waals surface area contributed by atoms with Crippen molar-refractivity contribution in [3.63, 3.8) is 0 Å². The van der Waals surface area contributed by atoms with Gasteiger partial charge in [-0.25, -0.2) is 0 Å². The number of unbranched alkanes of at least 4 members (excludes halogenated alkanes) is 42. The fourth-order valence-electron chi connectivity index (χ4n) is 9.25. The van der Waals surface area contributed by atoms with Crippen molar-refractivity contribution in [2.45, 2.75) is 348 Å². The number of esters is 3. The highest BCUT2D eigenvalue weighted by Crippen LogP contribution is 2.17. The summed E-state index contributed by atoms with van der Waals surface area (Å²) in [5.74, 6) is -0.864. The average Bonchev–Trinajstić information content (AvgIpc) is 3.35. The first kappa shape index (κ1) is 66.9. The van der Waals surface area contributed by atoms with E-state index in [1.165, 1.54) is 238 Å². The van der Waals surface area contributed by atoms with E-state index < -0.39 is 6.10 Å². The Morgan fingerprint density at radius 2 is 0.493 bits per heavy atom. The largest absolute Gasteiger partial charge is 0.462 e. The summed E-state index contributed by atoms with van der Waals surface area (Å²) in [6, 6.07) is 0. The van der Waals surface area contributed by atoms with Crippen LogP contribution in [0.15, 0.2) is 24.3 Å². The molecule has 69 heavy (non-hydrogen) atoms. The highest BCUT2D eigenvalue weighted by molar-refractivity contribution is 5.71. The van der Waals surface area contributed by atoms with Crippen molar-refractivity contribution in [3.8, 4) is 0 Å². The molecule has 0 rings (SSSR count). The minimum atomic E-state index is -0.773. The van der Waals surface area contributed by atoms with E-state index in [1.54, 1.807) is 0 Å². The molecular weight excluding hydrogens is 853 g/mol. The molecule has 0 radical (unpaired) electrons. The van der Waals surface area contributed by atoms with Gasteiger partial charge in [0.05, 0.1) is 0 Å². The van der Waals surface area contributed by atoms with Crippen LogP contribution in [0.3, 0.4) is 0 Å². The van der Waals surface area contributed by atoms with Gasteiger partial charge in [-0.2, -0.15) is 0 Å². The van der Waals surface area contributed by atoms with Crippen molar-refractivity contribution in [1.82, 2.24) is 0 Å². The summed E-state index contributed by atoms with van der Waals surface area (Å²) in [6.07, 6.45) is 69.0. The van der Waals surface area contributed by atoms with Crippen LogP contribution in [-0.4, -0.2) is 37.2 Å². The molecule has 0 saturated heterocycles. The van der Waals surface area contributed by atoms with E-state index in [2.05, 4.69) is 45.1 Å². The molecule has 0 aromatic carbocycles. The van der Waals surface area contributed by atoms with Gasteiger partial charge in [-0.15, -0.1) is 0 Å². The highest BCUT2D eigenvalue weighted by atomic mass is 16.6. The molecular formula is C63H118O6. The quantitative estimate of drug-likeness (QED) is 0.0261. The van der Waals surface area contributed by atoms with E-state index in [9.17, 15) is 14.4 Å². The number of rotatable bonds is 57. The number of ether oxygens (including phenoxy) is 3. The number of hydrogen-bond donors (Lipinski definition) is 0. The molecule has 406 valence electrons. The van der Waals surface area contributed by atoms with E-state index in [4.69, 9.17) is 14.2 Å². The third-order valence-electron chi connectivity index (χ3n) is 13.9. The number of hydrogen-bond acceptors (Lipinski definition) is 6. The fourth-order valence-corrected chi connectivity index (χ4v) is 9.25. The average molecular weight is 972 g/mol. The normalized spacial score (nSPS) is 12.1. The lowest BCUT2D eigenvalue weighted by atomic mass is 10.0. The molecule has 0 heterocycles. The van der Waals surface area contributed by atoms with Gasteiger partial charge in [0.15, 0.2) is 6.10 Å². The maximum atomic E-state index is 12.9. The fraction of sp³-hybridized carbons (Fsp3) is 0.889. The van der Waals surface area contributed by atoms with Crippen LogP contribution < -0.4 is 0 Å². The van der Waals surface area contributed by atoms with E-state index in [-0.39, 0.29) is 31.1 Å². The summed E-state index contributed by atoms with van der Waals surface area (Å²) < 4.78 is 16.9. The molecule has 0 aromatic heterocycles. The monoisotopic (exact) mass is 971 g/mol. The zero-order valence-corrected chi connectivity index (χ0v) is 46.6. The van der Waals surface area contributed by atoms with Gasteiger partial charge >= 0.3 is 17.9 Å². The third kappa shape index (κ3) is 56.7. The second-order valence-corrected chi connectivity index (χ2v) is 21.0. The molecule has 1 atom stereocenters. The molecule has 0 aliphatic carbocycles. The van der Waals surface area contributed by atoms with Crippen LogP contribution >= 0.6 is 0 Å². The Morgan fingerprint density at radius 3 is 0.768 bits per heavy atom. The second-order valence-electron chi connectivity index (χ2n) is 21.0. The Labute approximate surface area is 430 Å². The van der Waals surface area contributed by atoms with Gasteiger partial charge in [0, 0.05) is 19.3 Å². The van der Waals surface area contributed by atoms with Gasteiger partial charge in [0.1, 0.15) is 13.2 Å². The lowest BCUT2D eigenvalue weighted by Gasteiger charge is -2.18. The first-order chi connectivity index (χ1) is 34.0. The maximum Gasteiger partial charge on any atom is 0.306 e. The Hall–Kier alpha value is -2.11. The van der Waals surface area contributed by atoms with Crippen molar-refractivity contribution in [2.75, 3.05) is 13.2 Å². The van der Waals surface area contributed by atoms with E-state index in [0.717, 1.165) is 64.2 Å². The number of carbonyl (C=O) groups is 3. The van der Waals surface area contributed by atoms with Gasteiger partial charge in [0.25, 0.3) is 0 Å². The van der Waals surface area contributed by atoms with Crippen LogP contribution in [0.5, 0.6) is 0 Å². The van der Waals surface area contributed by atoms with Gasteiger partial charge in [0.2, 0.25) is 0 Å². The van der Waals surface area contributed by atoms with Crippen LogP contribution in [0.4, 0.5) is 0 Å². The van der Waals surface area contributed by atoms with Gasteiger partial charge in [-0.1, -0.05) is 283 Å². The molecule has 0 N–H and O–H groups in total. The predicted octanol–water partition coefficient (Wildman–Crippen LogP) is 20.7. The molecule has 0 amide bonds. The molecule has 6 nitrogen and oxygen atoms in total. The summed E-state index contributed by atoms with van der Waals surface area (Å²) in [4.78, 5) is 38.2. The van der Waals surface area contributed by atoms with E-state index in [0.29, 0.717) is 19.3 Å². The summed E-state index contributed by atoms with van der Waals surface area (Å²) in [6.45, 7) is 6.64. The smallest absolute Gasteiger partial charge is 0.306 e. The molecule has 0 fully saturated rings. The van der Waals surface area contributed by atoms with Gasteiger partial charge in [-0.3, -0.25) is 14.4 Å². The maximum absolute atomic E-state index is 12.9. The van der Waals surface area contributed by atoms with Crippen molar-refractivity contribution in [3.05, 3.63) is 24.3 Å². The lowest BCUT2D eigenvalue weighted by Crippen LogP contribution is -2.30. The molecule has 6 heteroatoms. The van der Waals surface area contributed by atoms with Crippen molar-refractivity contribution >= 4 is 17.9 Å². The summed E-state index contributed by atoms with van der Waals surface area (Å²) in [5.41, 5.74) is 0. The molecule has 0 aliphatic rings. The molecule has 0 aromatic rings. The topological polar surface area (TPSA) is 78.9 Å². The Morgan fingerprint density at radius 1 is 0.275 bits per heavy atom. The van der Waals surface area contributed by atoms with Gasteiger partial charge in [-0.05, 0) is 64.2 Å². The molecule has 1 unspecified atom stereocenters. The summed E-state index contributed by atoms with van der Waals surface area (Å²) in [5, 5.41) is 0. The molecule has 0 saturated carbocycles. The predicted molar refractivity (Wildman–Crippen MR) is 298 cm³/mol. The number of allylic oxidation sites excluding steroid dienone is 4. The SMILES string of the molecule is CCCC/C=C\CCCCCCCC(=O)OCC(COC(=O)CCCCCCCCCCCCCCCCCCCCCCCCC)OC(=O)CCCCCCCCC/C=C\CCCCCCCC. The van der Waals surface area contributed by atoms with Crippen LogP contribution in [0.1, 0.15) is 342 Å². The van der Waals surface area contributed by atoms with Gasteiger partial charge < -0.3 is 14.2 Å². The highest BCUT2D eigenvalue weighted by Gasteiger charge is 2.19. The van der Waals surface area contributed by atoms with Crippen LogP contribution in [-0.2, 0) is 28.6 Å². The Balaban J connectivity index is 4.22. The standard InChI is InChI=1S/C63H118O6/c1-4-7-10-13-16-19-22-24-26-28-29-30-31-32-33-35-36-38-41-44-47-50-53-56-62(65)68-59-60(58-67-61(64)55-52-49-46-43-40-21-18-15-12-9-6-3)69-63(66)57-54-51-48-45-42-39-37-34-27-25-23-20-17-14-11-8-5-2/h15,18,25,27,60H,4-14,16-17,19-24,26,28-59H2,1-3H3/b18-15-,27-25-. The molecule has 0 spiro atoms. The van der Waals surface area contributed by atoms with Crippen LogP contribution in [0.25, 0.3) is 0 Å². The number of carbonyl (C=O) groups excluding carboxylic acids is 3. The van der Waals surface area contributed by atoms with Crippen LogP contribution in [0, 0.1) is 0 Å². The van der Waals surface area contributed by atoms with E-state index >= 15 is 0 Å². The zero-order valence-electron chi connectivity index (χ0n) is 46.6. The van der Waals surface area contributed by atoms with Crippen LogP contribution in [0.2, 0.25) is 0 Å². The third-order valence-corrected chi connectivity index (χ3v) is 13.9. The van der Waals surface area contributed by atoms with Crippen molar-refractivity contribution < 1.29 is 28.6 Å². The van der Waals surface area contributed by atoms with Crippen molar-refractivity contribution in [1.29, 1.82) is 0 Å². The Bertz CT molecular complexity index is 1110. The molecule has 0 aliphatic heterocycles. The summed E-state index contributed by atoms with van der Waals surface area (Å²) in [7, 11) is 0. The van der Waals surface area contributed by atoms with Crippen molar-refractivity contribution in [2.24, 2.45) is 0 Å². The zero-order chi connectivity index (χ0) is 50.0. The first-order valence-electron chi connectivity index (χ1n) is 30.8. The Kier molecular flexibility index (Phi) is 56.7. The molecule has 0 bridgehead atoms. The lowest BCUT2D eigenvalue weighted by molar-refractivity contribution is -0.167. The summed E-state index contributed by atoms with van der Waals surface area (Å²) >= 11 is 0. The minimum Gasteiger partial charge on any atom is -0.462 e. The second kappa shape index (κ2) is 58.5. The van der Waals surface area contributed by atoms with E-state index in [1.807, 2.05) is 0 Å². The minimum absolute atomic E-state index is 0.0711. The first-order valence-corrected chi connectivity index (χ1v) is 30.8.